The fraction of sp³-hybridized carbons (Fsp3) is 0.174. The summed E-state index contributed by atoms with van der Waals surface area (Å²) in [4.78, 5) is 32.5. The van der Waals surface area contributed by atoms with Crippen molar-refractivity contribution in [3.05, 3.63) is 87.5 Å². The molecule has 1 atom stereocenters. The summed E-state index contributed by atoms with van der Waals surface area (Å²) in [5, 5.41) is 10.2. The van der Waals surface area contributed by atoms with E-state index in [4.69, 9.17) is 34.0 Å². The predicted octanol–water partition coefficient (Wildman–Crippen LogP) is 4.37. The van der Waals surface area contributed by atoms with Gasteiger partial charge >= 0.3 is 5.97 Å². The summed E-state index contributed by atoms with van der Waals surface area (Å²) in [6.45, 7) is 1.35. The van der Waals surface area contributed by atoms with Gasteiger partial charge in [0.2, 0.25) is 0 Å². The van der Waals surface area contributed by atoms with Gasteiger partial charge in [-0.3, -0.25) is 4.79 Å². The number of hydrogen-bond donors (Lipinski definition) is 2. The SMILES string of the molecule is Nc1cc(Cl)cnc1N1CCN(C(=O)c2ccc(C(=O)O)cc2)C[C@@H]1c1ccc(Cl)cc1. The lowest BCUT2D eigenvalue weighted by Gasteiger charge is -2.42. The molecule has 1 aliphatic heterocycles. The number of nitrogens with zero attached hydrogens (tertiary/aromatic N) is 3. The van der Waals surface area contributed by atoms with Gasteiger partial charge in [0.1, 0.15) is 0 Å². The number of benzene rings is 2. The predicted molar refractivity (Wildman–Crippen MR) is 125 cm³/mol. The highest BCUT2D eigenvalue weighted by atomic mass is 35.5. The molecule has 1 amide bonds. The van der Waals surface area contributed by atoms with Crippen molar-refractivity contribution >= 4 is 46.6 Å². The number of carbonyl (C=O) groups excluding carboxylic acids is 1. The van der Waals surface area contributed by atoms with E-state index in [1.54, 1.807) is 29.3 Å². The Bertz CT molecular complexity index is 1150. The Morgan fingerprint density at radius 3 is 2.25 bits per heavy atom. The number of carboxylic acids is 1. The van der Waals surface area contributed by atoms with Crippen molar-refractivity contribution < 1.29 is 14.7 Å². The molecule has 4 rings (SSSR count). The van der Waals surface area contributed by atoms with Gasteiger partial charge in [-0.15, -0.1) is 0 Å². The number of carbonyl (C=O) groups is 2. The summed E-state index contributed by atoms with van der Waals surface area (Å²) in [7, 11) is 0. The van der Waals surface area contributed by atoms with E-state index in [9.17, 15) is 9.59 Å². The number of piperazine rings is 1. The smallest absolute Gasteiger partial charge is 0.335 e. The van der Waals surface area contributed by atoms with Gasteiger partial charge in [-0.2, -0.15) is 0 Å². The molecule has 3 N–H and O–H groups in total. The molecule has 0 unspecified atom stereocenters. The average Bonchev–Trinajstić information content (AvgIpc) is 2.79. The number of amides is 1. The fourth-order valence-electron chi connectivity index (χ4n) is 3.82. The number of halogens is 2. The molecule has 0 bridgehead atoms. The molecule has 32 heavy (non-hydrogen) atoms. The van der Waals surface area contributed by atoms with E-state index in [2.05, 4.69) is 9.88 Å². The summed E-state index contributed by atoms with van der Waals surface area (Å²) < 4.78 is 0. The highest BCUT2D eigenvalue weighted by molar-refractivity contribution is 6.31. The molecule has 2 aromatic carbocycles. The number of aromatic carboxylic acids is 1. The van der Waals surface area contributed by atoms with Crippen LogP contribution in [0.3, 0.4) is 0 Å². The Hall–Kier alpha value is -3.29. The zero-order valence-corrected chi connectivity index (χ0v) is 18.4. The lowest BCUT2D eigenvalue weighted by Crippen LogP contribution is -2.51. The largest absolute Gasteiger partial charge is 0.478 e. The number of nitrogen functional groups attached to an aromatic ring is 1. The van der Waals surface area contributed by atoms with Crippen LogP contribution in [0.5, 0.6) is 0 Å². The van der Waals surface area contributed by atoms with Crippen molar-refractivity contribution in [1.29, 1.82) is 0 Å². The number of aromatic nitrogens is 1. The summed E-state index contributed by atoms with van der Waals surface area (Å²) in [5.74, 6) is -0.599. The fourth-order valence-corrected chi connectivity index (χ4v) is 4.11. The Morgan fingerprint density at radius 2 is 1.62 bits per heavy atom. The second-order valence-corrected chi connectivity index (χ2v) is 8.33. The van der Waals surface area contributed by atoms with E-state index in [0.29, 0.717) is 46.7 Å². The first-order valence-electron chi connectivity index (χ1n) is 9.89. The Kier molecular flexibility index (Phi) is 6.21. The molecule has 9 heteroatoms. The van der Waals surface area contributed by atoms with E-state index >= 15 is 0 Å². The second-order valence-electron chi connectivity index (χ2n) is 7.46. The molecule has 1 fully saturated rings. The van der Waals surface area contributed by atoms with Crippen molar-refractivity contribution in [2.75, 3.05) is 30.3 Å². The molecule has 1 aliphatic rings. The minimum Gasteiger partial charge on any atom is -0.478 e. The molecule has 1 aromatic heterocycles. The molecular weight excluding hydrogens is 451 g/mol. The molecule has 0 aliphatic carbocycles. The van der Waals surface area contributed by atoms with Crippen molar-refractivity contribution in [2.45, 2.75) is 6.04 Å². The molecule has 0 radical (unpaired) electrons. The van der Waals surface area contributed by atoms with Crippen molar-refractivity contribution in [3.63, 3.8) is 0 Å². The van der Waals surface area contributed by atoms with Crippen LogP contribution in [0.15, 0.2) is 60.8 Å². The van der Waals surface area contributed by atoms with Crippen LogP contribution in [0.25, 0.3) is 0 Å². The minimum absolute atomic E-state index is 0.134. The maximum atomic E-state index is 13.1. The van der Waals surface area contributed by atoms with E-state index in [0.717, 1.165) is 5.56 Å². The van der Waals surface area contributed by atoms with Crippen LogP contribution in [-0.4, -0.2) is 46.5 Å². The van der Waals surface area contributed by atoms with Gasteiger partial charge in [0.05, 0.1) is 22.3 Å². The number of carboxylic acid groups (broad SMARTS) is 1. The van der Waals surface area contributed by atoms with Crippen LogP contribution in [-0.2, 0) is 0 Å². The summed E-state index contributed by atoms with van der Waals surface area (Å²) in [5.41, 5.74) is 8.19. The van der Waals surface area contributed by atoms with E-state index in [1.807, 2.05) is 12.1 Å². The molecule has 7 nitrogen and oxygen atoms in total. The van der Waals surface area contributed by atoms with Gasteiger partial charge in [-0.05, 0) is 48.0 Å². The highest BCUT2D eigenvalue weighted by Gasteiger charge is 2.33. The molecule has 0 saturated carbocycles. The van der Waals surface area contributed by atoms with Gasteiger partial charge in [0.15, 0.2) is 5.82 Å². The zero-order valence-electron chi connectivity index (χ0n) is 16.9. The highest BCUT2D eigenvalue weighted by Crippen LogP contribution is 2.34. The molecule has 0 spiro atoms. The van der Waals surface area contributed by atoms with E-state index in [1.165, 1.54) is 24.3 Å². The first-order chi connectivity index (χ1) is 15.3. The van der Waals surface area contributed by atoms with Crippen molar-refractivity contribution in [1.82, 2.24) is 9.88 Å². The monoisotopic (exact) mass is 470 g/mol. The number of anilines is 2. The van der Waals surface area contributed by atoms with Crippen LogP contribution in [0, 0.1) is 0 Å². The summed E-state index contributed by atoms with van der Waals surface area (Å²) in [6, 6.07) is 14.8. The van der Waals surface area contributed by atoms with Crippen molar-refractivity contribution in [2.24, 2.45) is 0 Å². The van der Waals surface area contributed by atoms with E-state index < -0.39 is 5.97 Å². The average molecular weight is 471 g/mol. The van der Waals surface area contributed by atoms with Crippen molar-refractivity contribution in [3.8, 4) is 0 Å². The van der Waals surface area contributed by atoms with Gasteiger partial charge in [0, 0.05) is 36.4 Å². The lowest BCUT2D eigenvalue weighted by atomic mass is 10.0. The molecule has 164 valence electrons. The van der Waals surface area contributed by atoms with E-state index in [-0.39, 0.29) is 17.5 Å². The van der Waals surface area contributed by atoms with Gasteiger partial charge in [-0.25, -0.2) is 9.78 Å². The maximum absolute atomic E-state index is 13.1. The van der Waals surface area contributed by atoms with Crippen LogP contribution >= 0.6 is 23.2 Å². The summed E-state index contributed by atoms with van der Waals surface area (Å²) >= 11 is 12.1. The normalized spacial score (nSPS) is 16.1. The molecule has 3 aromatic rings. The maximum Gasteiger partial charge on any atom is 0.335 e. The van der Waals surface area contributed by atoms with Gasteiger partial charge < -0.3 is 20.6 Å². The molecule has 2 heterocycles. The lowest BCUT2D eigenvalue weighted by molar-refractivity contribution is 0.0691. The third-order valence-corrected chi connectivity index (χ3v) is 5.89. The minimum atomic E-state index is -1.03. The topological polar surface area (TPSA) is 99.8 Å². The number of rotatable bonds is 4. The van der Waals surface area contributed by atoms with Crippen LogP contribution in [0.1, 0.15) is 32.3 Å². The Labute approximate surface area is 195 Å². The van der Waals surface area contributed by atoms with Crippen LogP contribution in [0.2, 0.25) is 10.0 Å². The third kappa shape index (κ3) is 4.49. The van der Waals surface area contributed by atoms with Crippen LogP contribution < -0.4 is 10.6 Å². The molecule has 1 saturated heterocycles. The number of hydrogen-bond acceptors (Lipinski definition) is 5. The van der Waals surface area contributed by atoms with Crippen LogP contribution in [0.4, 0.5) is 11.5 Å². The number of pyridine rings is 1. The third-order valence-electron chi connectivity index (χ3n) is 5.43. The first kappa shape index (κ1) is 21.9. The molecular formula is C23H20Cl2N4O3. The van der Waals surface area contributed by atoms with Gasteiger partial charge in [0.25, 0.3) is 5.91 Å². The second kappa shape index (κ2) is 9.06. The zero-order chi connectivity index (χ0) is 22.8. The first-order valence-corrected chi connectivity index (χ1v) is 10.6. The number of nitrogens with two attached hydrogens (primary N) is 1. The Morgan fingerprint density at radius 1 is 0.969 bits per heavy atom. The quantitative estimate of drug-likeness (QED) is 0.586. The van der Waals surface area contributed by atoms with Gasteiger partial charge in [-0.1, -0.05) is 35.3 Å². The summed E-state index contributed by atoms with van der Waals surface area (Å²) in [6.07, 6.45) is 1.55. The Balaban J connectivity index is 1.64. The standard InChI is InChI=1S/C23H20Cl2N4O3/c24-17-7-5-14(6-8-17)20-13-28(22(30)15-1-3-16(4-2-15)23(31)32)9-10-29(20)21-19(26)11-18(25)12-27-21/h1-8,11-12,20H,9-10,13,26H2,(H,31,32)/t20-/m1/s1.